The lowest BCUT2D eigenvalue weighted by Gasteiger charge is -2.23. The predicted octanol–water partition coefficient (Wildman–Crippen LogP) is 0.902. The van der Waals surface area contributed by atoms with Crippen molar-refractivity contribution < 1.29 is 23.8 Å². The number of carbonyl (C=O) groups excluding carboxylic acids is 2. The van der Waals surface area contributed by atoms with Crippen LogP contribution < -0.4 is 14.4 Å². The summed E-state index contributed by atoms with van der Waals surface area (Å²) >= 11 is 0. The molecule has 1 amide bonds. The number of aryl methyl sites for hydroxylation is 1. The number of amides is 1. The van der Waals surface area contributed by atoms with Gasteiger partial charge in [-0.05, 0) is 18.6 Å². The number of ether oxygens (including phenoxy) is 3. The van der Waals surface area contributed by atoms with Crippen LogP contribution in [0.15, 0.2) is 12.1 Å². The van der Waals surface area contributed by atoms with E-state index in [1.165, 1.54) is 19.1 Å². The number of fused-ring (bicyclic) bond motifs is 1. The summed E-state index contributed by atoms with van der Waals surface area (Å²) in [6.07, 6.45) is 0. The maximum Gasteiger partial charge on any atom is 0.397 e. The Bertz CT molecular complexity index is 526. The SMILES string of the molecule is COC(=O)C(=O)N(C)c1cc2c(cc1C)OCCO2. The van der Waals surface area contributed by atoms with Crippen molar-refractivity contribution in [1.29, 1.82) is 0 Å². The van der Waals surface area contributed by atoms with Crippen LogP contribution in [0.2, 0.25) is 0 Å². The predicted molar refractivity (Wildman–Crippen MR) is 67.6 cm³/mol. The molecule has 0 radical (unpaired) electrons. The average molecular weight is 265 g/mol. The number of methoxy groups -OCH3 is 1. The molecule has 2 rings (SSSR count). The van der Waals surface area contributed by atoms with Gasteiger partial charge in [-0.25, -0.2) is 4.79 Å². The Balaban J connectivity index is 2.34. The van der Waals surface area contributed by atoms with Gasteiger partial charge >= 0.3 is 11.9 Å². The highest BCUT2D eigenvalue weighted by Crippen LogP contribution is 2.36. The molecule has 0 aliphatic carbocycles. The van der Waals surface area contributed by atoms with Crippen LogP contribution in [0.25, 0.3) is 0 Å². The minimum atomic E-state index is -0.906. The lowest BCUT2D eigenvalue weighted by molar-refractivity contribution is -0.151. The Morgan fingerprint density at radius 3 is 2.37 bits per heavy atom. The molecular weight excluding hydrogens is 250 g/mol. The number of nitrogens with zero attached hydrogens (tertiary/aromatic N) is 1. The maximum absolute atomic E-state index is 11.8. The van der Waals surface area contributed by atoms with E-state index in [-0.39, 0.29) is 0 Å². The highest BCUT2D eigenvalue weighted by Gasteiger charge is 2.24. The summed E-state index contributed by atoms with van der Waals surface area (Å²) in [5, 5.41) is 0. The molecule has 0 saturated heterocycles. The summed E-state index contributed by atoms with van der Waals surface area (Å²) < 4.78 is 15.3. The third kappa shape index (κ3) is 2.47. The Morgan fingerprint density at radius 2 is 1.79 bits per heavy atom. The van der Waals surface area contributed by atoms with Crippen LogP contribution in [0.3, 0.4) is 0 Å². The summed E-state index contributed by atoms with van der Waals surface area (Å²) in [6, 6.07) is 3.47. The van der Waals surface area contributed by atoms with E-state index in [9.17, 15) is 9.59 Å². The zero-order valence-electron chi connectivity index (χ0n) is 11.1. The molecule has 0 aromatic heterocycles. The molecule has 0 unspecified atom stereocenters. The summed E-state index contributed by atoms with van der Waals surface area (Å²) in [4.78, 5) is 24.3. The second-order valence-corrected chi connectivity index (χ2v) is 4.14. The van der Waals surface area contributed by atoms with Gasteiger partial charge in [0.2, 0.25) is 0 Å². The van der Waals surface area contributed by atoms with E-state index in [4.69, 9.17) is 9.47 Å². The Morgan fingerprint density at radius 1 is 1.21 bits per heavy atom. The first kappa shape index (κ1) is 13.2. The van der Waals surface area contributed by atoms with Gasteiger partial charge < -0.3 is 19.1 Å². The number of esters is 1. The van der Waals surface area contributed by atoms with E-state index in [1.807, 2.05) is 6.92 Å². The number of rotatable bonds is 1. The van der Waals surface area contributed by atoms with Crippen LogP contribution >= 0.6 is 0 Å². The fourth-order valence-electron chi connectivity index (χ4n) is 1.87. The fourth-order valence-corrected chi connectivity index (χ4v) is 1.87. The van der Waals surface area contributed by atoms with E-state index < -0.39 is 11.9 Å². The van der Waals surface area contributed by atoms with Gasteiger partial charge in [-0.1, -0.05) is 0 Å². The lowest BCUT2D eigenvalue weighted by atomic mass is 10.1. The van der Waals surface area contributed by atoms with E-state index in [2.05, 4.69) is 4.74 Å². The standard InChI is InChI=1S/C13H15NO5/c1-8-6-10-11(19-5-4-18-10)7-9(8)14(2)12(15)13(16)17-3/h6-7H,4-5H2,1-3H3. The molecule has 19 heavy (non-hydrogen) atoms. The van der Waals surface area contributed by atoms with Gasteiger partial charge in [0.15, 0.2) is 11.5 Å². The summed E-state index contributed by atoms with van der Waals surface area (Å²) in [5.41, 5.74) is 1.39. The number of carbonyl (C=O) groups is 2. The summed E-state index contributed by atoms with van der Waals surface area (Å²) in [5.74, 6) is -0.429. The van der Waals surface area contributed by atoms with Crippen molar-refractivity contribution in [2.75, 3.05) is 32.3 Å². The molecule has 0 saturated carbocycles. The van der Waals surface area contributed by atoms with Crippen molar-refractivity contribution in [3.05, 3.63) is 17.7 Å². The Kier molecular flexibility index (Phi) is 3.59. The number of hydrogen-bond donors (Lipinski definition) is 0. The molecule has 102 valence electrons. The summed E-state index contributed by atoms with van der Waals surface area (Å²) in [6.45, 7) is 2.79. The van der Waals surface area contributed by atoms with Crippen LogP contribution in [0.1, 0.15) is 5.56 Å². The quantitative estimate of drug-likeness (QED) is 0.557. The average Bonchev–Trinajstić information content (AvgIpc) is 2.44. The van der Waals surface area contributed by atoms with Crippen LogP contribution in [-0.2, 0) is 14.3 Å². The van der Waals surface area contributed by atoms with Gasteiger partial charge in [-0.3, -0.25) is 4.79 Å². The van der Waals surface area contributed by atoms with Crippen LogP contribution in [0, 0.1) is 6.92 Å². The third-order valence-corrected chi connectivity index (χ3v) is 2.89. The molecule has 0 atom stereocenters. The Labute approximate surface area is 110 Å². The molecule has 6 nitrogen and oxygen atoms in total. The van der Waals surface area contributed by atoms with Gasteiger partial charge in [0.05, 0.1) is 12.8 Å². The maximum atomic E-state index is 11.8. The second-order valence-electron chi connectivity index (χ2n) is 4.14. The minimum absolute atomic E-state index is 0.462. The molecule has 1 aromatic carbocycles. The monoisotopic (exact) mass is 265 g/mol. The Hall–Kier alpha value is -2.24. The first-order valence-corrected chi connectivity index (χ1v) is 5.81. The molecule has 1 aliphatic rings. The van der Waals surface area contributed by atoms with E-state index in [1.54, 1.807) is 12.1 Å². The van der Waals surface area contributed by atoms with Gasteiger partial charge in [0.25, 0.3) is 0 Å². The van der Waals surface area contributed by atoms with Crippen LogP contribution in [-0.4, -0.2) is 39.2 Å². The second kappa shape index (κ2) is 5.17. The number of anilines is 1. The molecular formula is C13H15NO5. The molecule has 0 bridgehead atoms. The van der Waals surface area contributed by atoms with Crippen molar-refractivity contribution in [3.63, 3.8) is 0 Å². The minimum Gasteiger partial charge on any atom is -0.486 e. The molecule has 0 fully saturated rings. The lowest BCUT2D eigenvalue weighted by Crippen LogP contribution is -2.34. The molecule has 0 spiro atoms. The van der Waals surface area contributed by atoms with Gasteiger partial charge in [-0.15, -0.1) is 0 Å². The van der Waals surface area contributed by atoms with Crippen LogP contribution in [0.4, 0.5) is 5.69 Å². The van der Waals surface area contributed by atoms with Crippen molar-refractivity contribution in [2.24, 2.45) is 0 Å². The molecule has 1 aliphatic heterocycles. The van der Waals surface area contributed by atoms with E-state index >= 15 is 0 Å². The van der Waals surface area contributed by atoms with Crippen molar-refractivity contribution in [3.8, 4) is 11.5 Å². The van der Waals surface area contributed by atoms with Crippen LogP contribution in [0.5, 0.6) is 11.5 Å². The number of benzene rings is 1. The normalized spacial score (nSPS) is 12.8. The highest BCUT2D eigenvalue weighted by molar-refractivity contribution is 6.38. The third-order valence-electron chi connectivity index (χ3n) is 2.89. The smallest absolute Gasteiger partial charge is 0.397 e. The zero-order valence-corrected chi connectivity index (χ0v) is 11.1. The number of likely N-dealkylation sites (N-methyl/N-ethyl adjacent to an activating group) is 1. The van der Waals surface area contributed by atoms with E-state index in [0.29, 0.717) is 30.4 Å². The van der Waals surface area contributed by atoms with Crippen molar-refractivity contribution >= 4 is 17.6 Å². The number of hydrogen-bond acceptors (Lipinski definition) is 5. The molecule has 1 heterocycles. The highest BCUT2D eigenvalue weighted by atomic mass is 16.6. The molecule has 0 N–H and O–H groups in total. The first-order chi connectivity index (χ1) is 9.04. The zero-order chi connectivity index (χ0) is 14.0. The van der Waals surface area contributed by atoms with Gasteiger partial charge in [-0.2, -0.15) is 0 Å². The first-order valence-electron chi connectivity index (χ1n) is 5.81. The fraction of sp³-hybridized carbons (Fsp3) is 0.385. The summed E-state index contributed by atoms with van der Waals surface area (Å²) in [7, 11) is 2.68. The van der Waals surface area contributed by atoms with Crippen molar-refractivity contribution in [1.82, 2.24) is 0 Å². The largest absolute Gasteiger partial charge is 0.486 e. The van der Waals surface area contributed by atoms with E-state index in [0.717, 1.165) is 5.56 Å². The van der Waals surface area contributed by atoms with Gasteiger partial charge in [0.1, 0.15) is 13.2 Å². The topological polar surface area (TPSA) is 65.1 Å². The molecule has 6 heteroatoms. The molecule has 1 aromatic rings. The van der Waals surface area contributed by atoms with Crippen molar-refractivity contribution in [2.45, 2.75) is 6.92 Å². The van der Waals surface area contributed by atoms with Gasteiger partial charge in [0, 0.05) is 13.1 Å².